The fraction of sp³-hybridized carbons (Fsp3) is 0.0833. The van der Waals surface area contributed by atoms with Gasteiger partial charge in [-0.25, -0.2) is 8.78 Å². The first-order chi connectivity index (χ1) is 7.72. The second-order valence-corrected chi connectivity index (χ2v) is 3.30. The molecule has 4 heteroatoms. The van der Waals surface area contributed by atoms with Crippen molar-refractivity contribution in [3.05, 3.63) is 53.7 Å². The maximum atomic E-state index is 13.4. The molecule has 2 aromatic rings. The molecule has 0 amide bonds. The minimum Gasteiger partial charge on any atom is -0.392 e. The largest absolute Gasteiger partial charge is 0.392 e. The van der Waals surface area contributed by atoms with Crippen LogP contribution < -0.4 is 0 Å². The summed E-state index contributed by atoms with van der Waals surface area (Å²) in [4.78, 5) is 3.79. The predicted octanol–water partition coefficient (Wildman–Crippen LogP) is 2.52. The van der Waals surface area contributed by atoms with Crippen molar-refractivity contribution in [3.63, 3.8) is 0 Å². The van der Waals surface area contributed by atoms with Crippen LogP contribution in [0.5, 0.6) is 0 Å². The second kappa shape index (κ2) is 4.37. The molecule has 82 valence electrons. The lowest BCUT2D eigenvalue weighted by Crippen LogP contribution is -1.95. The topological polar surface area (TPSA) is 33.1 Å². The van der Waals surface area contributed by atoms with Gasteiger partial charge in [-0.1, -0.05) is 12.1 Å². The van der Waals surface area contributed by atoms with E-state index in [1.165, 1.54) is 12.1 Å². The lowest BCUT2D eigenvalue weighted by atomic mass is 10.1. The monoisotopic (exact) mass is 221 g/mol. The number of nitrogens with zero attached hydrogens (tertiary/aromatic N) is 1. The molecule has 0 fully saturated rings. The van der Waals surface area contributed by atoms with E-state index in [0.717, 1.165) is 6.20 Å². The van der Waals surface area contributed by atoms with Crippen molar-refractivity contribution in [3.8, 4) is 11.3 Å². The van der Waals surface area contributed by atoms with Crippen LogP contribution in [0.3, 0.4) is 0 Å². The Balaban J connectivity index is 2.53. The van der Waals surface area contributed by atoms with Gasteiger partial charge in [0.15, 0.2) is 0 Å². The fourth-order valence-electron chi connectivity index (χ4n) is 1.42. The molecule has 0 aliphatic carbocycles. The van der Waals surface area contributed by atoms with Gasteiger partial charge in [-0.05, 0) is 18.2 Å². The predicted molar refractivity (Wildman–Crippen MR) is 55.5 cm³/mol. The minimum absolute atomic E-state index is 0.105. The van der Waals surface area contributed by atoms with Gasteiger partial charge in [-0.3, -0.25) is 4.98 Å². The van der Waals surface area contributed by atoms with E-state index in [-0.39, 0.29) is 11.1 Å². The van der Waals surface area contributed by atoms with Crippen LogP contribution in [0.15, 0.2) is 36.5 Å². The van der Waals surface area contributed by atoms with Crippen LogP contribution in [0.1, 0.15) is 5.56 Å². The van der Waals surface area contributed by atoms with Gasteiger partial charge in [0, 0.05) is 11.1 Å². The number of aliphatic hydroxyl groups excluding tert-OH is 1. The van der Waals surface area contributed by atoms with Gasteiger partial charge in [0.05, 0.1) is 18.5 Å². The summed E-state index contributed by atoms with van der Waals surface area (Å²) in [5.41, 5.74) is 0.703. The molecule has 1 aromatic heterocycles. The number of pyridine rings is 1. The van der Waals surface area contributed by atoms with Gasteiger partial charge in [0.2, 0.25) is 0 Å². The average molecular weight is 221 g/mol. The highest BCUT2D eigenvalue weighted by atomic mass is 19.1. The number of hydrogen-bond acceptors (Lipinski definition) is 2. The van der Waals surface area contributed by atoms with Crippen molar-refractivity contribution in [1.82, 2.24) is 4.98 Å². The molecule has 1 heterocycles. The summed E-state index contributed by atoms with van der Waals surface area (Å²) in [5, 5.41) is 8.90. The number of hydrogen-bond donors (Lipinski definition) is 1. The standard InChI is InChI=1S/C12H9F2NO/c13-10-4-2-1-3-9(10)12-5-8(7-16)11(14)6-15-12/h1-6,16H,7H2. The first-order valence-corrected chi connectivity index (χ1v) is 4.72. The Hall–Kier alpha value is -1.81. The number of halogens is 2. The van der Waals surface area contributed by atoms with Crippen molar-refractivity contribution in [2.45, 2.75) is 6.61 Å². The zero-order valence-corrected chi connectivity index (χ0v) is 8.32. The molecule has 0 spiro atoms. The van der Waals surface area contributed by atoms with Gasteiger partial charge in [0.25, 0.3) is 0 Å². The highest BCUT2D eigenvalue weighted by Crippen LogP contribution is 2.22. The third kappa shape index (κ3) is 1.92. The van der Waals surface area contributed by atoms with Crippen molar-refractivity contribution in [1.29, 1.82) is 0 Å². The van der Waals surface area contributed by atoms with Crippen molar-refractivity contribution >= 4 is 0 Å². The van der Waals surface area contributed by atoms with Crippen LogP contribution in [-0.2, 0) is 6.61 Å². The molecule has 0 saturated heterocycles. The first kappa shape index (κ1) is 10.7. The molecule has 2 nitrogen and oxygen atoms in total. The zero-order valence-electron chi connectivity index (χ0n) is 8.32. The fourth-order valence-corrected chi connectivity index (χ4v) is 1.42. The van der Waals surface area contributed by atoms with E-state index in [9.17, 15) is 8.78 Å². The Morgan fingerprint density at radius 2 is 1.88 bits per heavy atom. The van der Waals surface area contributed by atoms with E-state index in [1.807, 2.05) is 0 Å². The molecule has 0 radical (unpaired) electrons. The quantitative estimate of drug-likeness (QED) is 0.845. The summed E-state index contributed by atoms with van der Waals surface area (Å²) in [6, 6.07) is 7.43. The normalized spacial score (nSPS) is 10.4. The Morgan fingerprint density at radius 3 is 2.56 bits per heavy atom. The minimum atomic E-state index is -0.595. The molecule has 0 aliphatic rings. The van der Waals surface area contributed by atoms with Crippen LogP contribution in [0.25, 0.3) is 11.3 Å². The summed E-state index contributed by atoms with van der Waals surface area (Å²) < 4.78 is 26.5. The Kier molecular flexibility index (Phi) is 2.92. The van der Waals surface area contributed by atoms with Gasteiger partial charge in [-0.2, -0.15) is 0 Å². The van der Waals surface area contributed by atoms with E-state index in [0.29, 0.717) is 5.69 Å². The van der Waals surface area contributed by atoms with E-state index in [1.54, 1.807) is 18.2 Å². The summed E-state index contributed by atoms with van der Waals surface area (Å²) in [6.45, 7) is -0.435. The zero-order chi connectivity index (χ0) is 11.5. The van der Waals surface area contributed by atoms with Gasteiger partial charge < -0.3 is 5.11 Å². The number of aromatic nitrogens is 1. The maximum Gasteiger partial charge on any atom is 0.147 e. The van der Waals surface area contributed by atoms with E-state index in [2.05, 4.69) is 4.98 Å². The second-order valence-electron chi connectivity index (χ2n) is 3.30. The molecular formula is C12H9F2NO. The molecule has 0 saturated carbocycles. The highest BCUT2D eigenvalue weighted by molar-refractivity contribution is 5.60. The van der Waals surface area contributed by atoms with Gasteiger partial charge in [0.1, 0.15) is 11.6 Å². The Labute approximate surface area is 91.2 Å². The highest BCUT2D eigenvalue weighted by Gasteiger charge is 2.08. The molecule has 1 aromatic carbocycles. The van der Waals surface area contributed by atoms with Crippen LogP contribution in [-0.4, -0.2) is 10.1 Å². The number of benzene rings is 1. The SMILES string of the molecule is OCc1cc(-c2ccccc2F)ncc1F. The van der Waals surface area contributed by atoms with Gasteiger partial charge in [-0.15, -0.1) is 0 Å². The summed E-state index contributed by atoms with van der Waals surface area (Å²) in [6.07, 6.45) is 0.979. The smallest absolute Gasteiger partial charge is 0.147 e. The molecule has 0 unspecified atom stereocenters. The van der Waals surface area contributed by atoms with Crippen LogP contribution >= 0.6 is 0 Å². The van der Waals surface area contributed by atoms with Crippen LogP contribution in [0.4, 0.5) is 8.78 Å². The van der Waals surface area contributed by atoms with Crippen LogP contribution in [0, 0.1) is 11.6 Å². The van der Waals surface area contributed by atoms with Crippen molar-refractivity contribution in [2.75, 3.05) is 0 Å². The molecule has 0 atom stereocenters. The lowest BCUT2D eigenvalue weighted by Gasteiger charge is -2.04. The summed E-state index contributed by atoms with van der Waals surface area (Å²) in [5.74, 6) is -1.02. The van der Waals surface area contributed by atoms with Crippen molar-refractivity contribution < 1.29 is 13.9 Å². The number of rotatable bonds is 2. The van der Waals surface area contributed by atoms with Crippen molar-refractivity contribution in [2.24, 2.45) is 0 Å². The molecule has 16 heavy (non-hydrogen) atoms. The Bertz CT molecular complexity index is 514. The third-order valence-electron chi connectivity index (χ3n) is 2.25. The van der Waals surface area contributed by atoms with Crippen LogP contribution in [0.2, 0.25) is 0 Å². The molecule has 0 bridgehead atoms. The number of aliphatic hydroxyl groups is 1. The third-order valence-corrected chi connectivity index (χ3v) is 2.25. The summed E-state index contributed by atoms with van der Waals surface area (Å²) >= 11 is 0. The van der Waals surface area contributed by atoms with E-state index in [4.69, 9.17) is 5.11 Å². The molecule has 2 rings (SSSR count). The lowest BCUT2D eigenvalue weighted by molar-refractivity contribution is 0.275. The Morgan fingerprint density at radius 1 is 1.12 bits per heavy atom. The molecule has 0 aliphatic heterocycles. The van der Waals surface area contributed by atoms with E-state index >= 15 is 0 Å². The first-order valence-electron chi connectivity index (χ1n) is 4.72. The molecular weight excluding hydrogens is 212 g/mol. The summed E-state index contributed by atoms with van der Waals surface area (Å²) in [7, 11) is 0. The van der Waals surface area contributed by atoms with Gasteiger partial charge >= 0.3 is 0 Å². The van der Waals surface area contributed by atoms with E-state index < -0.39 is 18.2 Å². The molecule has 1 N–H and O–H groups in total. The average Bonchev–Trinajstić information content (AvgIpc) is 2.31. The maximum absolute atomic E-state index is 13.4.